The van der Waals surface area contributed by atoms with Crippen molar-refractivity contribution in [2.24, 2.45) is 0 Å². The molecule has 2 aliphatic heterocycles. The second-order valence-electron chi connectivity index (χ2n) is 16.0. The van der Waals surface area contributed by atoms with Crippen LogP contribution in [0, 0.1) is 13.8 Å². The standard InChI is InChI=1S/C44H48N10O6/c1-5-54-35(21-31(51-54)26-14-15-26)47-40-38-28-20-34(59-4)29(37-23(2)52-60-24(37)3)19-32(28)46-39(38)49-41(50-40)43(57)45-18-9-7-6-8-11-25-12-10-13-27-30(25)22-53(44(27)58)33-16-17-36(55)48-42(33)56/h10,12-13,19-21,26,33H,5-9,11,14-18,22H2,1-4H3,(H,45,57)(H,48,55,56)(H2,46,47,49,50). The van der Waals surface area contributed by atoms with Gasteiger partial charge in [0.15, 0.2) is 0 Å². The second kappa shape index (κ2) is 15.9. The number of carbonyl (C=O) groups excluding carboxylic acids is 4. The maximum Gasteiger partial charge on any atom is 0.289 e. The molecule has 1 unspecified atom stereocenters. The number of anilines is 2. The van der Waals surface area contributed by atoms with Crippen molar-refractivity contribution in [3.8, 4) is 16.9 Å². The molecule has 1 saturated heterocycles. The molecule has 1 aliphatic carbocycles. The molecule has 2 aromatic carbocycles. The molecule has 1 saturated carbocycles. The Morgan fingerprint density at radius 3 is 2.60 bits per heavy atom. The number of amides is 4. The third-order valence-corrected chi connectivity index (χ3v) is 12.0. The number of piperidine rings is 1. The van der Waals surface area contributed by atoms with Gasteiger partial charge in [-0.3, -0.25) is 24.5 Å². The van der Waals surface area contributed by atoms with E-state index in [4.69, 9.17) is 24.3 Å². The normalized spacial score (nSPS) is 16.5. The van der Waals surface area contributed by atoms with Crippen molar-refractivity contribution in [1.82, 2.24) is 45.4 Å². The van der Waals surface area contributed by atoms with Crippen molar-refractivity contribution in [2.45, 2.75) is 104 Å². The summed E-state index contributed by atoms with van der Waals surface area (Å²) < 4.78 is 13.3. The van der Waals surface area contributed by atoms with Gasteiger partial charge in [-0.05, 0) is 88.6 Å². The zero-order chi connectivity index (χ0) is 41.7. The minimum Gasteiger partial charge on any atom is -0.496 e. The summed E-state index contributed by atoms with van der Waals surface area (Å²) in [6, 6.07) is 11.1. The van der Waals surface area contributed by atoms with Crippen LogP contribution in [0.5, 0.6) is 5.75 Å². The van der Waals surface area contributed by atoms with E-state index in [1.807, 2.05) is 55.8 Å². The van der Waals surface area contributed by atoms with E-state index < -0.39 is 11.9 Å². The fraction of sp³-hybridized carbons (Fsp3) is 0.409. The van der Waals surface area contributed by atoms with Gasteiger partial charge >= 0.3 is 0 Å². The largest absolute Gasteiger partial charge is 0.496 e. The number of aromatic amines is 1. The molecule has 2 fully saturated rings. The van der Waals surface area contributed by atoms with Crippen LogP contribution >= 0.6 is 0 Å². The highest BCUT2D eigenvalue weighted by Crippen LogP contribution is 2.43. The van der Waals surface area contributed by atoms with Crippen LogP contribution in [0.25, 0.3) is 33.1 Å². The van der Waals surface area contributed by atoms with E-state index in [1.165, 1.54) is 0 Å². The molecule has 0 spiro atoms. The smallest absolute Gasteiger partial charge is 0.289 e. The maximum atomic E-state index is 13.7. The number of benzene rings is 2. The van der Waals surface area contributed by atoms with Gasteiger partial charge in [-0.25, -0.2) is 14.6 Å². The first-order valence-corrected chi connectivity index (χ1v) is 20.8. The Balaban J connectivity index is 0.886. The molecule has 0 bridgehead atoms. The number of hydrogen-bond acceptors (Lipinski definition) is 11. The van der Waals surface area contributed by atoms with Gasteiger partial charge in [-0.1, -0.05) is 30.1 Å². The monoisotopic (exact) mass is 812 g/mol. The number of aromatic nitrogens is 6. The summed E-state index contributed by atoms with van der Waals surface area (Å²) in [5, 5.41) is 19.5. The number of unbranched alkanes of at least 4 members (excludes halogenated alkanes) is 3. The summed E-state index contributed by atoms with van der Waals surface area (Å²) in [7, 11) is 1.63. The zero-order valence-electron chi connectivity index (χ0n) is 34.2. The van der Waals surface area contributed by atoms with E-state index in [-0.39, 0.29) is 30.0 Å². The molecule has 0 radical (unpaired) electrons. The molecule has 4 amide bonds. The minimum atomic E-state index is -0.633. The number of aryl methyl sites for hydroxylation is 4. The molecule has 4 aromatic heterocycles. The Bertz CT molecular complexity index is 2670. The lowest BCUT2D eigenvalue weighted by Crippen LogP contribution is -2.52. The van der Waals surface area contributed by atoms with Crippen LogP contribution in [0.4, 0.5) is 11.6 Å². The Morgan fingerprint density at radius 2 is 1.85 bits per heavy atom. The highest BCUT2D eigenvalue weighted by molar-refractivity contribution is 6.14. The Hall–Kier alpha value is -6.58. The number of carbonyl (C=O) groups is 4. The summed E-state index contributed by atoms with van der Waals surface area (Å²) in [6.07, 6.45) is 7.12. The lowest BCUT2D eigenvalue weighted by atomic mass is 9.98. The average Bonchev–Trinajstić information content (AvgIpc) is 3.61. The number of nitrogens with zero attached hydrogens (tertiary/aromatic N) is 6. The van der Waals surface area contributed by atoms with Gasteiger partial charge in [0.05, 0.1) is 29.4 Å². The third-order valence-electron chi connectivity index (χ3n) is 12.0. The van der Waals surface area contributed by atoms with Gasteiger partial charge in [0.2, 0.25) is 17.6 Å². The highest BCUT2D eigenvalue weighted by Gasteiger charge is 2.39. The zero-order valence-corrected chi connectivity index (χ0v) is 34.2. The molecular weight excluding hydrogens is 765 g/mol. The molecule has 16 heteroatoms. The predicted octanol–water partition coefficient (Wildman–Crippen LogP) is 6.52. The van der Waals surface area contributed by atoms with Crippen LogP contribution in [0.1, 0.15) is 113 Å². The first-order valence-electron chi connectivity index (χ1n) is 20.8. The van der Waals surface area contributed by atoms with Crippen LogP contribution in [-0.4, -0.2) is 78.1 Å². The molecule has 60 heavy (non-hydrogen) atoms. The lowest BCUT2D eigenvalue weighted by Gasteiger charge is -2.29. The van der Waals surface area contributed by atoms with Gasteiger partial charge in [0, 0.05) is 60.1 Å². The predicted molar refractivity (Wildman–Crippen MR) is 223 cm³/mol. The number of rotatable bonds is 15. The van der Waals surface area contributed by atoms with Crippen LogP contribution in [0.3, 0.4) is 0 Å². The van der Waals surface area contributed by atoms with Crippen molar-refractivity contribution in [2.75, 3.05) is 19.0 Å². The average molecular weight is 813 g/mol. The van der Waals surface area contributed by atoms with Gasteiger partial charge in [-0.15, -0.1) is 0 Å². The Kier molecular flexibility index (Phi) is 10.3. The summed E-state index contributed by atoms with van der Waals surface area (Å²) in [6.45, 7) is 7.30. The maximum absolute atomic E-state index is 13.7. The van der Waals surface area contributed by atoms with Crippen molar-refractivity contribution in [3.05, 3.63) is 76.1 Å². The van der Waals surface area contributed by atoms with Crippen LogP contribution in [-0.2, 0) is 29.1 Å². The van der Waals surface area contributed by atoms with Crippen LogP contribution in [0.2, 0.25) is 0 Å². The number of hydrogen-bond donors (Lipinski definition) is 4. The highest BCUT2D eigenvalue weighted by atomic mass is 16.5. The Labute approximate surface area is 345 Å². The van der Waals surface area contributed by atoms with Crippen LogP contribution < -0.4 is 20.7 Å². The Morgan fingerprint density at radius 1 is 1.02 bits per heavy atom. The van der Waals surface area contributed by atoms with E-state index in [1.54, 1.807) is 12.0 Å². The number of nitrogens with one attached hydrogen (secondary N) is 4. The molecular formula is C44H48N10O6. The molecule has 3 aliphatic rings. The molecule has 4 N–H and O–H groups in total. The van der Waals surface area contributed by atoms with Crippen molar-refractivity contribution < 1.29 is 28.4 Å². The van der Waals surface area contributed by atoms with Crippen molar-refractivity contribution in [3.63, 3.8) is 0 Å². The number of fused-ring (bicyclic) bond motifs is 4. The van der Waals surface area contributed by atoms with Gasteiger partial charge in [0.1, 0.15) is 34.8 Å². The molecule has 16 nitrogen and oxygen atoms in total. The quantitative estimate of drug-likeness (QED) is 0.0649. The molecule has 1 atom stereocenters. The second-order valence-corrected chi connectivity index (χ2v) is 16.0. The van der Waals surface area contributed by atoms with Crippen molar-refractivity contribution in [1.29, 1.82) is 0 Å². The number of imide groups is 1. The number of methoxy groups -OCH3 is 1. The van der Waals surface area contributed by atoms with Gasteiger partial charge < -0.3 is 29.8 Å². The molecule has 9 rings (SSSR count). The fourth-order valence-corrected chi connectivity index (χ4v) is 8.69. The van der Waals surface area contributed by atoms with E-state index in [0.717, 1.165) is 101 Å². The summed E-state index contributed by atoms with van der Waals surface area (Å²) >= 11 is 0. The summed E-state index contributed by atoms with van der Waals surface area (Å²) in [5.41, 5.74) is 7.46. The summed E-state index contributed by atoms with van der Waals surface area (Å²) in [4.78, 5) is 65.7. The third kappa shape index (κ3) is 7.23. The first kappa shape index (κ1) is 38.9. The van der Waals surface area contributed by atoms with E-state index in [2.05, 4.69) is 32.2 Å². The minimum absolute atomic E-state index is 0.0401. The topological polar surface area (TPSA) is 202 Å². The first-order chi connectivity index (χ1) is 29.1. The van der Waals surface area contributed by atoms with Gasteiger partial charge in [0.25, 0.3) is 11.8 Å². The fourth-order valence-electron chi connectivity index (χ4n) is 8.69. The molecule has 310 valence electrons. The van der Waals surface area contributed by atoms with E-state index in [9.17, 15) is 19.2 Å². The van der Waals surface area contributed by atoms with Crippen molar-refractivity contribution >= 4 is 57.2 Å². The van der Waals surface area contributed by atoms with Crippen LogP contribution in [0.15, 0.2) is 40.9 Å². The molecule has 6 heterocycles. The van der Waals surface area contributed by atoms with E-state index >= 15 is 0 Å². The number of H-pyrrole nitrogens is 1. The summed E-state index contributed by atoms with van der Waals surface area (Å²) in [5.74, 6) is 1.85. The molecule has 6 aromatic rings. The van der Waals surface area contributed by atoms with Gasteiger partial charge in [-0.2, -0.15) is 5.10 Å². The SMILES string of the molecule is CCn1nc(C2CC2)cc1Nc1nc(C(=O)NCCCCCCc2cccc3c2CN(C2CCC(=O)NC2=O)C3=O)nc2[nH]c3cc(-c4c(C)noc4C)c(OC)cc3c12. The lowest BCUT2D eigenvalue weighted by molar-refractivity contribution is -0.136. The number of ether oxygens (including phenoxy) is 1. The van der Waals surface area contributed by atoms with E-state index in [0.29, 0.717) is 60.5 Å².